The molecule has 2 heterocycles. The molecule has 0 aromatic heterocycles. The van der Waals surface area contributed by atoms with Crippen LogP contribution in [0.25, 0.3) is 11.1 Å². The lowest BCUT2D eigenvalue weighted by molar-refractivity contribution is -0.122. The molecule has 3 aromatic rings. The van der Waals surface area contributed by atoms with Crippen LogP contribution in [-0.2, 0) is 10.4 Å². The highest BCUT2D eigenvalue weighted by molar-refractivity contribution is 6.34. The van der Waals surface area contributed by atoms with E-state index >= 15 is 4.39 Å². The first kappa shape index (κ1) is 20.2. The van der Waals surface area contributed by atoms with Crippen molar-refractivity contribution in [1.29, 1.82) is 5.26 Å². The summed E-state index contributed by atoms with van der Waals surface area (Å²) in [5.41, 5.74) is 0.0577. The van der Waals surface area contributed by atoms with Crippen LogP contribution < -0.4 is 9.47 Å². The van der Waals surface area contributed by atoms with Crippen LogP contribution in [0.4, 0.5) is 8.78 Å². The van der Waals surface area contributed by atoms with Crippen molar-refractivity contribution < 1.29 is 23.0 Å². The highest BCUT2D eigenvalue weighted by Gasteiger charge is 2.52. The van der Waals surface area contributed by atoms with Crippen LogP contribution in [0.2, 0.25) is 5.02 Å². The number of ether oxygens (including phenoxy) is 2. The standard InChI is InChI=1S/C26H16ClF2NO3/c1-12-20-19(33-26(12,11-31)14-5-3-2-4-6-14)9-17(28)23(27)22(20)21-13(10-30)7-16-15-8-18(15)32-25(16)24(21)29/h2-7,9,11-12,15,18H,8H2,1H3/t12-,15?,18?,26-/m0/s1. The minimum absolute atomic E-state index is 0.0137. The molecule has 6 rings (SSSR count). The fraction of sp³-hybridized carbons (Fsp3) is 0.231. The Balaban J connectivity index is 1.63. The maximum Gasteiger partial charge on any atom is 0.195 e. The summed E-state index contributed by atoms with van der Waals surface area (Å²) in [4.78, 5) is 12.4. The van der Waals surface area contributed by atoms with Gasteiger partial charge in [-0.2, -0.15) is 5.26 Å². The third kappa shape index (κ3) is 2.57. The number of nitrogens with zero attached hydrogens (tertiary/aromatic N) is 1. The second kappa shape index (κ2) is 6.79. The molecule has 1 saturated carbocycles. The Bertz CT molecular complexity index is 1400. The monoisotopic (exact) mass is 463 g/mol. The molecule has 4 nitrogen and oxygen atoms in total. The van der Waals surface area contributed by atoms with E-state index in [0.717, 1.165) is 12.5 Å². The molecule has 2 unspecified atom stereocenters. The van der Waals surface area contributed by atoms with E-state index in [1.807, 2.05) is 6.07 Å². The molecular weight excluding hydrogens is 448 g/mol. The molecule has 7 heteroatoms. The van der Waals surface area contributed by atoms with Gasteiger partial charge in [0.2, 0.25) is 0 Å². The van der Waals surface area contributed by atoms with Gasteiger partial charge in [0.15, 0.2) is 23.5 Å². The first-order chi connectivity index (χ1) is 15.9. The molecule has 0 spiro atoms. The summed E-state index contributed by atoms with van der Waals surface area (Å²) in [7, 11) is 0. The van der Waals surface area contributed by atoms with Gasteiger partial charge in [0.1, 0.15) is 17.7 Å². The van der Waals surface area contributed by atoms with E-state index in [9.17, 15) is 14.4 Å². The van der Waals surface area contributed by atoms with Crippen LogP contribution >= 0.6 is 11.6 Å². The lowest BCUT2D eigenvalue weighted by Gasteiger charge is -2.28. The SMILES string of the molecule is C[C@H]1c2c(cc(F)c(Cl)c2-c2c(C#N)cc3c(c2F)OC2CC32)O[C@]1(C=O)c1ccccc1. The molecule has 3 aliphatic rings. The number of carbonyl (C=O) groups is 1. The van der Waals surface area contributed by atoms with E-state index in [4.69, 9.17) is 21.1 Å². The Labute approximate surface area is 193 Å². The zero-order valence-electron chi connectivity index (χ0n) is 17.4. The number of hydrogen-bond donors (Lipinski definition) is 0. The van der Waals surface area contributed by atoms with Crippen LogP contribution in [0.5, 0.6) is 11.5 Å². The maximum absolute atomic E-state index is 15.8. The largest absolute Gasteiger partial charge is 0.486 e. The van der Waals surface area contributed by atoms with Gasteiger partial charge in [-0.1, -0.05) is 48.9 Å². The van der Waals surface area contributed by atoms with Crippen LogP contribution in [0.15, 0.2) is 42.5 Å². The number of nitriles is 1. The number of benzene rings is 3. The van der Waals surface area contributed by atoms with Crippen molar-refractivity contribution in [3.63, 3.8) is 0 Å². The van der Waals surface area contributed by atoms with E-state index in [1.165, 1.54) is 0 Å². The molecule has 0 saturated heterocycles. The summed E-state index contributed by atoms with van der Waals surface area (Å²) in [5, 5.41) is 9.52. The van der Waals surface area contributed by atoms with Gasteiger partial charge in [0, 0.05) is 45.7 Å². The fourth-order valence-corrected chi connectivity index (χ4v) is 5.47. The zero-order chi connectivity index (χ0) is 23.1. The second-order valence-electron chi connectivity index (χ2n) is 8.70. The maximum atomic E-state index is 15.8. The van der Waals surface area contributed by atoms with Crippen molar-refractivity contribution in [2.75, 3.05) is 0 Å². The smallest absolute Gasteiger partial charge is 0.195 e. The summed E-state index contributed by atoms with van der Waals surface area (Å²) < 4.78 is 42.6. The van der Waals surface area contributed by atoms with Crippen LogP contribution in [0.3, 0.4) is 0 Å². The fourth-order valence-electron chi connectivity index (χ4n) is 5.22. The molecule has 2 aliphatic heterocycles. The van der Waals surface area contributed by atoms with Gasteiger partial charge >= 0.3 is 0 Å². The van der Waals surface area contributed by atoms with Crippen molar-refractivity contribution in [2.45, 2.75) is 36.9 Å². The summed E-state index contributed by atoms with van der Waals surface area (Å²) in [6.45, 7) is 1.74. The van der Waals surface area contributed by atoms with Crippen LogP contribution in [0, 0.1) is 23.0 Å². The molecule has 1 aliphatic carbocycles. The zero-order valence-corrected chi connectivity index (χ0v) is 18.1. The third-order valence-electron chi connectivity index (χ3n) is 7.00. The number of carbonyl (C=O) groups excluding carboxylic acids is 1. The van der Waals surface area contributed by atoms with Crippen molar-refractivity contribution in [3.8, 4) is 28.7 Å². The predicted molar refractivity (Wildman–Crippen MR) is 117 cm³/mol. The Morgan fingerprint density at radius 2 is 1.97 bits per heavy atom. The Kier molecular flexibility index (Phi) is 4.15. The first-order valence-corrected chi connectivity index (χ1v) is 10.9. The molecule has 0 N–H and O–H groups in total. The number of rotatable bonds is 3. The van der Waals surface area contributed by atoms with Gasteiger partial charge in [0.25, 0.3) is 0 Å². The minimum atomic E-state index is -1.45. The molecule has 0 radical (unpaired) electrons. The van der Waals surface area contributed by atoms with E-state index in [0.29, 0.717) is 23.0 Å². The van der Waals surface area contributed by atoms with Crippen LogP contribution in [0.1, 0.15) is 47.4 Å². The van der Waals surface area contributed by atoms with Crippen molar-refractivity contribution in [1.82, 2.24) is 0 Å². The van der Waals surface area contributed by atoms with Crippen LogP contribution in [-0.4, -0.2) is 12.4 Å². The Morgan fingerprint density at radius 1 is 1.21 bits per heavy atom. The molecule has 1 fully saturated rings. The molecule has 3 aromatic carbocycles. The molecule has 0 amide bonds. The van der Waals surface area contributed by atoms with E-state index in [-0.39, 0.29) is 45.2 Å². The lowest BCUT2D eigenvalue weighted by atomic mass is 9.78. The minimum Gasteiger partial charge on any atom is -0.486 e. The van der Waals surface area contributed by atoms with Crippen molar-refractivity contribution in [2.24, 2.45) is 0 Å². The van der Waals surface area contributed by atoms with E-state index < -0.39 is 23.2 Å². The van der Waals surface area contributed by atoms with Gasteiger partial charge < -0.3 is 9.47 Å². The van der Waals surface area contributed by atoms with Crippen molar-refractivity contribution >= 4 is 17.9 Å². The van der Waals surface area contributed by atoms with Gasteiger partial charge in [0.05, 0.1) is 16.7 Å². The Hall–Kier alpha value is -3.43. The number of fused-ring (bicyclic) bond motifs is 4. The molecule has 33 heavy (non-hydrogen) atoms. The topological polar surface area (TPSA) is 59.3 Å². The average molecular weight is 464 g/mol. The first-order valence-electron chi connectivity index (χ1n) is 10.6. The van der Waals surface area contributed by atoms with Gasteiger partial charge in [-0.05, 0) is 12.5 Å². The van der Waals surface area contributed by atoms with Gasteiger partial charge in [-0.25, -0.2) is 8.78 Å². The highest BCUT2D eigenvalue weighted by Crippen LogP contribution is 2.59. The normalized spacial score (nSPS) is 25.8. The van der Waals surface area contributed by atoms with Gasteiger partial charge in [-0.15, -0.1) is 0 Å². The van der Waals surface area contributed by atoms with Gasteiger partial charge in [-0.3, -0.25) is 4.79 Å². The lowest BCUT2D eigenvalue weighted by Crippen LogP contribution is -2.35. The quantitative estimate of drug-likeness (QED) is 0.447. The second-order valence-corrected chi connectivity index (χ2v) is 9.08. The summed E-state index contributed by atoms with van der Waals surface area (Å²) in [5.74, 6) is -1.98. The summed E-state index contributed by atoms with van der Waals surface area (Å²) in [6, 6.07) is 13.6. The predicted octanol–water partition coefficient (Wildman–Crippen LogP) is 6.00. The summed E-state index contributed by atoms with van der Waals surface area (Å²) in [6.07, 6.45) is 1.37. The average Bonchev–Trinajstić information content (AvgIpc) is 3.42. The third-order valence-corrected chi connectivity index (χ3v) is 7.37. The molecule has 0 bridgehead atoms. The number of halogens is 3. The van der Waals surface area contributed by atoms with E-state index in [1.54, 1.807) is 43.3 Å². The Morgan fingerprint density at radius 3 is 2.67 bits per heavy atom. The van der Waals surface area contributed by atoms with E-state index in [2.05, 4.69) is 0 Å². The number of hydrogen-bond acceptors (Lipinski definition) is 4. The highest BCUT2D eigenvalue weighted by atomic mass is 35.5. The molecule has 164 valence electrons. The van der Waals surface area contributed by atoms with Crippen molar-refractivity contribution in [3.05, 3.63) is 81.4 Å². The molecular formula is C26H16ClF2NO3. The molecule has 4 atom stereocenters. The summed E-state index contributed by atoms with van der Waals surface area (Å²) >= 11 is 6.41. The number of aldehydes is 1.